The second-order valence-corrected chi connectivity index (χ2v) is 5.83. The molecule has 0 radical (unpaired) electrons. The van der Waals surface area contributed by atoms with Gasteiger partial charge in [-0.25, -0.2) is 0 Å². The average Bonchev–Trinajstić information content (AvgIpc) is 2.87. The summed E-state index contributed by atoms with van der Waals surface area (Å²) in [5.74, 6) is 0. The lowest BCUT2D eigenvalue weighted by atomic mass is 9.94. The summed E-state index contributed by atoms with van der Waals surface area (Å²) >= 11 is 0. The molecule has 0 aromatic heterocycles. The first-order valence-electron chi connectivity index (χ1n) is 6.46. The molecule has 0 bridgehead atoms. The van der Waals surface area contributed by atoms with Gasteiger partial charge in [-0.15, -0.1) is 0 Å². The highest BCUT2D eigenvalue weighted by atomic mass is 16.3. The maximum Gasteiger partial charge on any atom is 0.0634 e. The molecule has 1 N–H and O–H groups in total. The first-order chi connectivity index (χ1) is 7.67. The Hall–Kier alpha value is -0.820. The van der Waals surface area contributed by atoms with Gasteiger partial charge >= 0.3 is 0 Å². The molecule has 1 atom stereocenters. The van der Waals surface area contributed by atoms with Crippen LogP contribution in [0.15, 0.2) is 18.2 Å². The van der Waals surface area contributed by atoms with Crippen molar-refractivity contribution >= 4 is 0 Å². The molecule has 2 aliphatic rings. The molecule has 3 rings (SSSR count). The van der Waals surface area contributed by atoms with Gasteiger partial charge in [0.05, 0.1) is 6.10 Å². The zero-order chi connectivity index (χ0) is 11.2. The van der Waals surface area contributed by atoms with Gasteiger partial charge in [-0.2, -0.15) is 0 Å². The van der Waals surface area contributed by atoms with Crippen molar-refractivity contribution in [1.29, 1.82) is 0 Å². The third kappa shape index (κ3) is 1.78. The van der Waals surface area contributed by atoms with Gasteiger partial charge in [-0.05, 0) is 60.6 Å². The highest BCUT2D eigenvalue weighted by Crippen LogP contribution is 2.48. The van der Waals surface area contributed by atoms with Gasteiger partial charge in [0.1, 0.15) is 0 Å². The number of fused-ring (bicyclic) bond motifs is 1. The molecule has 1 aromatic rings. The Morgan fingerprint density at radius 3 is 2.75 bits per heavy atom. The van der Waals surface area contributed by atoms with Crippen molar-refractivity contribution in [2.45, 2.75) is 51.6 Å². The first kappa shape index (κ1) is 10.3. The van der Waals surface area contributed by atoms with Crippen LogP contribution in [0.1, 0.15) is 42.9 Å². The number of benzene rings is 1. The molecule has 86 valence electrons. The molecule has 2 aliphatic carbocycles. The Morgan fingerprint density at radius 1 is 1.25 bits per heavy atom. The van der Waals surface area contributed by atoms with E-state index in [9.17, 15) is 5.11 Å². The summed E-state index contributed by atoms with van der Waals surface area (Å²) in [5, 5.41) is 10.2. The van der Waals surface area contributed by atoms with Crippen LogP contribution >= 0.6 is 0 Å². The molecular weight excluding hydrogens is 196 g/mol. The van der Waals surface area contributed by atoms with Gasteiger partial charge in [0.25, 0.3) is 0 Å². The Kier molecular flexibility index (Phi) is 2.32. The smallest absolute Gasteiger partial charge is 0.0634 e. The maximum absolute atomic E-state index is 10.2. The van der Waals surface area contributed by atoms with Crippen molar-refractivity contribution in [3.8, 4) is 0 Å². The van der Waals surface area contributed by atoms with Gasteiger partial charge in [-0.3, -0.25) is 0 Å². The summed E-state index contributed by atoms with van der Waals surface area (Å²) < 4.78 is 0. The number of hydrogen-bond acceptors (Lipinski definition) is 1. The summed E-state index contributed by atoms with van der Waals surface area (Å²) in [6.45, 7) is 2.20. The molecule has 0 saturated heterocycles. The highest BCUT2D eigenvalue weighted by molar-refractivity contribution is 5.35. The number of rotatable bonds is 3. The van der Waals surface area contributed by atoms with E-state index in [-0.39, 0.29) is 11.5 Å². The van der Waals surface area contributed by atoms with Crippen molar-refractivity contribution in [2.75, 3.05) is 0 Å². The molecular formula is C15H20O. The second kappa shape index (κ2) is 3.59. The lowest BCUT2D eigenvalue weighted by molar-refractivity contribution is 0.103. The van der Waals surface area contributed by atoms with Crippen molar-refractivity contribution in [2.24, 2.45) is 5.41 Å². The Morgan fingerprint density at radius 2 is 2.00 bits per heavy atom. The van der Waals surface area contributed by atoms with Crippen LogP contribution in [0.2, 0.25) is 0 Å². The van der Waals surface area contributed by atoms with E-state index < -0.39 is 0 Å². The fourth-order valence-corrected chi connectivity index (χ4v) is 2.75. The van der Waals surface area contributed by atoms with Gasteiger partial charge in [0, 0.05) is 0 Å². The summed E-state index contributed by atoms with van der Waals surface area (Å²) in [6.07, 6.45) is 6.86. The summed E-state index contributed by atoms with van der Waals surface area (Å²) in [6, 6.07) is 6.79. The molecule has 1 fully saturated rings. The number of aliphatic hydroxyl groups is 1. The van der Waals surface area contributed by atoms with E-state index in [1.165, 1.54) is 48.8 Å². The molecule has 0 aliphatic heterocycles. The maximum atomic E-state index is 10.2. The van der Waals surface area contributed by atoms with Crippen molar-refractivity contribution in [1.82, 2.24) is 0 Å². The van der Waals surface area contributed by atoms with E-state index in [2.05, 4.69) is 25.1 Å². The Labute approximate surface area is 97.5 Å². The average molecular weight is 216 g/mol. The normalized spacial score (nSPS) is 22.9. The summed E-state index contributed by atoms with van der Waals surface area (Å²) in [7, 11) is 0. The Balaban J connectivity index is 1.75. The third-order valence-electron chi connectivity index (χ3n) is 4.44. The number of hydrogen-bond donors (Lipinski definition) is 1. The molecule has 1 nitrogen and oxygen atoms in total. The fourth-order valence-electron chi connectivity index (χ4n) is 2.75. The van der Waals surface area contributed by atoms with Crippen molar-refractivity contribution in [3.63, 3.8) is 0 Å². The van der Waals surface area contributed by atoms with Crippen LogP contribution in [0.5, 0.6) is 0 Å². The second-order valence-electron chi connectivity index (χ2n) is 5.83. The predicted molar refractivity (Wildman–Crippen MR) is 65.5 cm³/mol. The molecule has 1 aromatic carbocycles. The minimum atomic E-state index is -0.146. The molecule has 0 heterocycles. The van der Waals surface area contributed by atoms with Crippen LogP contribution in [0, 0.1) is 5.41 Å². The molecule has 1 heteroatoms. The van der Waals surface area contributed by atoms with Gasteiger partial charge in [-0.1, -0.05) is 25.1 Å². The standard InChI is InChI=1S/C15H20O/c1-15(7-8-15)14(16)10-11-5-6-12-3-2-4-13(12)9-11/h5-6,9,14,16H,2-4,7-8,10H2,1H3. The third-order valence-corrected chi connectivity index (χ3v) is 4.44. The lowest BCUT2D eigenvalue weighted by Crippen LogP contribution is -2.21. The topological polar surface area (TPSA) is 20.2 Å². The van der Waals surface area contributed by atoms with Crippen molar-refractivity contribution in [3.05, 3.63) is 34.9 Å². The zero-order valence-electron chi connectivity index (χ0n) is 10.00. The molecule has 1 unspecified atom stereocenters. The van der Waals surface area contributed by atoms with E-state index in [0.29, 0.717) is 0 Å². The largest absolute Gasteiger partial charge is 0.392 e. The van der Waals surface area contributed by atoms with Gasteiger partial charge in [0.2, 0.25) is 0 Å². The predicted octanol–water partition coefficient (Wildman–Crippen LogP) is 2.88. The van der Waals surface area contributed by atoms with E-state index in [1.54, 1.807) is 0 Å². The van der Waals surface area contributed by atoms with Crippen LogP contribution in [0.25, 0.3) is 0 Å². The Bertz CT molecular complexity index is 404. The van der Waals surface area contributed by atoms with Crippen LogP contribution < -0.4 is 0 Å². The number of aryl methyl sites for hydroxylation is 2. The number of aliphatic hydroxyl groups excluding tert-OH is 1. The molecule has 0 spiro atoms. The molecule has 0 amide bonds. The minimum absolute atomic E-state index is 0.146. The van der Waals surface area contributed by atoms with Gasteiger partial charge in [0.15, 0.2) is 0 Å². The van der Waals surface area contributed by atoms with Crippen LogP contribution in [-0.4, -0.2) is 11.2 Å². The van der Waals surface area contributed by atoms with Crippen LogP contribution in [0.4, 0.5) is 0 Å². The monoisotopic (exact) mass is 216 g/mol. The SMILES string of the molecule is CC1(C(O)Cc2ccc3c(c2)CCC3)CC1. The van der Waals surface area contributed by atoms with Crippen molar-refractivity contribution < 1.29 is 5.11 Å². The fraction of sp³-hybridized carbons (Fsp3) is 0.600. The van der Waals surface area contributed by atoms with E-state index in [1.807, 2.05) is 0 Å². The highest BCUT2D eigenvalue weighted by Gasteiger charge is 2.43. The van der Waals surface area contributed by atoms with E-state index in [4.69, 9.17) is 0 Å². The molecule has 16 heavy (non-hydrogen) atoms. The zero-order valence-corrected chi connectivity index (χ0v) is 10.00. The summed E-state index contributed by atoms with van der Waals surface area (Å²) in [5.41, 5.74) is 4.58. The van der Waals surface area contributed by atoms with E-state index >= 15 is 0 Å². The lowest BCUT2D eigenvalue weighted by Gasteiger charge is -2.17. The van der Waals surface area contributed by atoms with Gasteiger partial charge < -0.3 is 5.11 Å². The first-order valence-corrected chi connectivity index (χ1v) is 6.46. The summed E-state index contributed by atoms with van der Waals surface area (Å²) in [4.78, 5) is 0. The quantitative estimate of drug-likeness (QED) is 0.823. The molecule has 1 saturated carbocycles. The van der Waals surface area contributed by atoms with E-state index in [0.717, 1.165) is 6.42 Å². The minimum Gasteiger partial charge on any atom is -0.392 e. The van der Waals surface area contributed by atoms with Crippen LogP contribution in [-0.2, 0) is 19.3 Å². The van der Waals surface area contributed by atoms with Crippen LogP contribution in [0.3, 0.4) is 0 Å².